The lowest BCUT2D eigenvalue weighted by atomic mass is 9.91. The van der Waals surface area contributed by atoms with Gasteiger partial charge in [0.2, 0.25) is 0 Å². The van der Waals surface area contributed by atoms with Crippen molar-refractivity contribution < 1.29 is 9.53 Å². The predicted octanol–water partition coefficient (Wildman–Crippen LogP) is 6.20. The highest BCUT2D eigenvalue weighted by Gasteiger charge is 2.32. The Morgan fingerprint density at radius 1 is 0.839 bits per heavy atom. The van der Waals surface area contributed by atoms with E-state index >= 15 is 0 Å². The van der Waals surface area contributed by atoms with Crippen LogP contribution in [0.4, 0.5) is 0 Å². The van der Waals surface area contributed by atoms with Gasteiger partial charge in [-0.05, 0) is 26.3 Å². The molecule has 0 aliphatic heterocycles. The standard InChI is InChI=1S/C28H29NO2/c1-5-24(21-15-9-6-10-16-21)26(27(30)31-28(2,3)4)29-25(22-17-11-7-12-18-22)23-19-13-8-14-20-23/h5-20,24,26H,1H2,2-4H3/t24-,26+/m0/s1. The van der Waals surface area contributed by atoms with Crippen LogP contribution in [0.25, 0.3) is 0 Å². The Morgan fingerprint density at radius 2 is 1.29 bits per heavy atom. The van der Waals surface area contributed by atoms with Crippen LogP contribution in [0, 0.1) is 0 Å². The average molecular weight is 412 g/mol. The van der Waals surface area contributed by atoms with Crippen LogP contribution < -0.4 is 0 Å². The van der Waals surface area contributed by atoms with Crippen molar-refractivity contribution in [3.63, 3.8) is 0 Å². The minimum absolute atomic E-state index is 0.321. The molecule has 0 aromatic heterocycles. The topological polar surface area (TPSA) is 38.7 Å². The quantitative estimate of drug-likeness (QED) is 0.264. The highest BCUT2D eigenvalue weighted by atomic mass is 16.6. The van der Waals surface area contributed by atoms with Crippen LogP contribution in [-0.2, 0) is 9.53 Å². The number of carbonyl (C=O) groups excluding carboxylic acids is 1. The highest BCUT2D eigenvalue weighted by molar-refractivity contribution is 6.13. The second kappa shape index (κ2) is 10.0. The van der Waals surface area contributed by atoms with E-state index in [2.05, 4.69) is 6.58 Å². The van der Waals surface area contributed by atoms with Gasteiger partial charge in [0.25, 0.3) is 0 Å². The Balaban J connectivity index is 2.16. The molecule has 0 unspecified atom stereocenters. The summed E-state index contributed by atoms with van der Waals surface area (Å²) in [6, 6.07) is 28.9. The third-order valence-electron chi connectivity index (χ3n) is 4.79. The predicted molar refractivity (Wildman–Crippen MR) is 128 cm³/mol. The van der Waals surface area contributed by atoms with Crippen molar-refractivity contribution in [2.45, 2.75) is 38.3 Å². The van der Waals surface area contributed by atoms with Crippen LogP contribution >= 0.6 is 0 Å². The third-order valence-corrected chi connectivity index (χ3v) is 4.79. The van der Waals surface area contributed by atoms with E-state index in [-0.39, 0.29) is 11.9 Å². The molecule has 3 aromatic rings. The van der Waals surface area contributed by atoms with Crippen LogP contribution in [0.3, 0.4) is 0 Å². The summed E-state index contributed by atoms with van der Waals surface area (Å²) in [5.74, 6) is -0.691. The summed E-state index contributed by atoms with van der Waals surface area (Å²) in [5, 5.41) is 0. The molecule has 0 bridgehead atoms. The molecule has 0 spiro atoms. The number of benzene rings is 3. The molecule has 0 aliphatic rings. The summed E-state index contributed by atoms with van der Waals surface area (Å²) in [6.45, 7) is 9.62. The van der Waals surface area contributed by atoms with Crippen molar-refractivity contribution in [2.75, 3.05) is 0 Å². The van der Waals surface area contributed by atoms with Crippen molar-refractivity contribution in [3.8, 4) is 0 Å². The van der Waals surface area contributed by atoms with Crippen LogP contribution in [0.1, 0.15) is 43.4 Å². The van der Waals surface area contributed by atoms with E-state index in [1.807, 2.05) is 112 Å². The minimum Gasteiger partial charge on any atom is -0.458 e. The number of nitrogens with zero attached hydrogens (tertiary/aromatic N) is 1. The fraction of sp³-hybridized carbons (Fsp3) is 0.214. The van der Waals surface area contributed by atoms with Gasteiger partial charge in [-0.2, -0.15) is 0 Å². The average Bonchev–Trinajstić information content (AvgIpc) is 2.77. The lowest BCUT2D eigenvalue weighted by molar-refractivity contribution is -0.156. The molecule has 3 aromatic carbocycles. The Labute approximate surface area is 185 Å². The number of carbonyl (C=O) groups is 1. The third kappa shape index (κ3) is 6.02. The first-order valence-electron chi connectivity index (χ1n) is 10.5. The molecule has 3 nitrogen and oxygen atoms in total. The number of rotatable bonds is 7. The molecule has 158 valence electrons. The first-order chi connectivity index (χ1) is 14.9. The molecule has 3 rings (SSSR count). The largest absolute Gasteiger partial charge is 0.458 e. The fourth-order valence-electron chi connectivity index (χ4n) is 3.41. The van der Waals surface area contributed by atoms with E-state index in [9.17, 15) is 4.79 Å². The van der Waals surface area contributed by atoms with E-state index in [1.165, 1.54) is 0 Å². The summed E-state index contributed by atoms with van der Waals surface area (Å²) in [7, 11) is 0. The van der Waals surface area contributed by atoms with Gasteiger partial charge in [-0.1, -0.05) is 97.1 Å². The molecule has 3 heteroatoms. The van der Waals surface area contributed by atoms with Gasteiger partial charge in [-0.15, -0.1) is 6.58 Å². The number of esters is 1. The van der Waals surface area contributed by atoms with Crippen molar-refractivity contribution >= 4 is 11.7 Å². The van der Waals surface area contributed by atoms with E-state index < -0.39 is 11.6 Å². The Morgan fingerprint density at radius 3 is 1.71 bits per heavy atom. The van der Waals surface area contributed by atoms with Gasteiger partial charge in [0.1, 0.15) is 5.60 Å². The summed E-state index contributed by atoms with van der Waals surface area (Å²) >= 11 is 0. The van der Waals surface area contributed by atoms with Gasteiger partial charge in [0.15, 0.2) is 6.04 Å². The first kappa shape index (κ1) is 22.2. The minimum atomic E-state index is -0.769. The number of hydrogen-bond acceptors (Lipinski definition) is 3. The maximum atomic E-state index is 13.4. The zero-order chi connectivity index (χ0) is 22.3. The summed E-state index contributed by atoms with van der Waals surface area (Å²) in [4.78, 5) is 18.4. The molecule has 0 saturated heterocycles. The number of ether oxygens (including phenoxy) is 1. The van der Waals surface area contributed by atoms with Gasteiger partial charge >= 0.3 is 5.97 Å². The Bertz CT molecular complexity index is 977. The molecule has 0 saturated carbocycles. The normalized spacial score (nSPS) is 13.0. The van der Waals surface area contributed by atoms with Crippen molar-refractivity contribution in [3.05, 3.63) is 120 Å². The maximum Gasteiger partial charge on any atom is 0.332 e. The summed E-state index contributed by atoms with van der Waals surface area (Å²) < 4.78 is 5.78. The van der Waals surface area contributed by atoms with E-state index in [4.69, 9.17) is 9.73 Å². The molecule has 31 heavy (non-hydrogen) atoms. The van der Waals surface area contributed by atoms with Crippen molar-refractivity contribution in [1.82, 2.24) is 0 Å². The molecule has 2 atom stereocenters. The van der Waals surface area contributed by atoms with Gasteiger partial charge in [-0.25, -0.2) is 4.79 Å². The highest BCUT2D eigenvalue weighted by Crippen LogP contribution is 2.27. The van der Waals surface area contributed by atoms with Crippen LogP contribution in [0.5, 0.6) is 0 Å². The molecule has 0 N–H and O–H groups in total. The van der Waals surface area contributed by atoms with E-state index in [0.717, 1.165) is 22.4 Å². The Kier molecular flexibility index (Phi) is 7.19. The van der Waals surface area contributed by atoms with Gasteiger partial charge in [-0.3, -0.25) is 4.99 Å². The van der Waals surface area contributed by atoms with Crippen LogP contribution in [-0.4, -0.2) is 23.3 Å². The Hall–Kier alpha value is -3.46. The maximum absolute atomic E-state index is 13.4. The monoisotopic (exact) mass is 411 g/mol. The smallest absolute Gasteiger partial charge is 0.332 e. The van der Waals surface area contributed by atoms with Gasteiger partial charge in [0, 0.05) is 17.0 Å². The lowest BCUT2D eigenvalue weighted by Crippen LogP contribution is -2.35. The molecule has 0 amide bonds. The molecular formula is C28H29NO2. The lowest BCUT2D eigenvalue weighted by Gasteiger charge is -2.26. The van der Waals surface area contributed by atoms with Crippen LogP contribution in [0.2, 0.25) is 0 Å². The fourth-order valence-corrected chi connectivity index (χ4v) is 3.41. The molecular weight excluding hydrogens is 382 g/mol. The second-order valence-electron chi connectivity index (χ2n) is 8.36. The van der Waals surface area contributed by atoms with Gasteiger partial charge in [0.05, 0.1) is 5.71 Å². The van der Waals surface area contributed by atoms with E-state index in [1.54, 1.807) is 6.08 Å². The zero-order valence-corrected chi connectivity index (χ0v) is 18.4. The molecule has 0 fully saturated rings. The summed E-state index contributed by atoms with van der Waals surface area (Å²) in [6.07, 6.45) is 1.78. The zero-order valence-electron chi connectivity index (χ0n) is 18.4. The number of hydrogen-bond donors (Lipinski definition) is 0. The van der Waals surface area contributed by atoms with Gasteiger partial charge < -0.3 is 4.74 Å². The molecule has 0 heterocycles. The molecule has 0 aliphatic carbocycles. The van der Waals surface area contributed by atoms with Crippen LogP contribution in [0.15, 0.2) is 109 Å². The SMILES string of the molecule is C=C[C@@H](c1ccccc1)[C@@H](N=C(c1ccccc1)c1ccccc1)C(=O)OC(C)(C)C. The first-order valence-corrected chi connectivity index (χ1v) is 10.5. The van der Waals surface area contributed by atoms with Crippen molar-refractivity contribution in [2.24, 2.45) is 4.99 Å². The molecule has 0 radical (unpaired) electrons. The second-order valence-corrected chi connectivity index (χ2v) is 8.36. The number of aliphatic imine (C=N–C) groups is 1. The van der Waals surface area contributed by atoms with Crippen molar-refractivity contribution in [1.29, 1.82) is 0 Å². The summed E-state index contributed by atoms with van der Waals surface area (Å²) in [5.41, 5.74) is 2.99. The van der Waals surface area contributed by atoms with E-state index in [0.29, 0.717) is 0 Å².